The van der Waals surface area contributed by atoms with Gasteiger partial charge in [-0.15, -0.1) is 0 Å². The minimum absolute atomic E-state index is 0.0127. The van der Waals surface area contributed by atoms with Crippen LogP contribution < -0.4 is 0 Å². The SMILES string of the molecule is CC(=O)CCC1(C)C(=O)CC(C)(C)C1=O. The van der Waals surface area contributed by atoms with Crippen LogP contribution in [0.4, 0.5) is 0 Å². The molecule has 0 radical (unpaired) electrons. The van der Waals surface area contributed by atoms with Crippen LogP contribution in [0.1, 0.15) is 47.0 Å². The Bertz CT molecular complexity index is 328. The highest BCUT2D eigenvalue weighted by Crippen LogP contribution is 2.45. The van der Waals surface area contributed by atoms with Gasteiger partial charge in [0.2, 0.25) is 0 Å². The third-order valence-electron chi connectivity index (χ3n) is 3.31. The molecule has 1 unspecified atom stereocenters. The summed E-state index contributed by atoms with van der Waals surface area (Å²) in [6.07, 6.45) is 0.980. The summed E-state index contributed by atoms with van der Waals surface area (Å²) in [5.74, 6) is 0.00142. The van der Waals surface area contributed by atoms with Crippen molar-refractivity contribution in [3.8, 4) is 0 Å². The maximum atomic E-state index is 12.0. The second-order valence-electron chi connectivity index (χ2n) is 5.35. The molecule has 1 aliphatic carbocycles. The van der Waals surface area contributed by atoms with Crippen LogP contribution in [0.15, 0.2) is 0 Å². The predicted octanol–water partition coefficient (Wildman–Crippen LogP) is 1.93. The lowest BCUT2D eigenvalue weighted by molar-refractivity contribution is -0.136. The number of Topliss-reactive ketones (excluding diaryl/α,β-unsaturated/α-hetero) is 3. The van der Waals surface area contributed by atoms with Crippen molar-refractivity contribution >= 4 is 17.3 Å². The molecule has 0 bridgehead atoms. The van der Waals surface area contributed by atoms with Gasteiger partial charge < -0.3 is 4.79 Å². The second kappa shape index (κ2) is 3.54. The van der Waals surface area contributed by atoms with Gasteiger partial charge in [-0.2, -0.15) is 0 Å². The highest BCUT2D eigenvalue weighted by Gasteiger charge is 2.54. The van der Waals surface area contributed by atoms with Crippen LogP contribution in [-0.4, -0.2) is 17.3 Å². The molecule has 15 heavy (non-hydrogen) atoms. The quantitative estimate of drug-likeness (QED) is 0.669. The molecule has 0 aromatic carbocycles. The molecule has 84 valence electrons. The molecular weight excluding hydrogens is 192 g/mol. The Kier molecular flexibility index (Phi) is 2.85. The molecule has 3 nitrogen and oxygen atoms in total. The van der Waals surface area contributed by atoms with Crippen LogP contribution in [0.2, 0.25) is 0 Å². The summed E-state index contributed by atoms with van der Waals surface area (Å²) < 4.78 is 0. The van der Waals surface area contributed by atoms with Gasteiger partial charge in [-0.3, -0.25) is 9.59 Å². The zero-order valence-electron chi connectivity index (χ0n) is 9.85. The number of hydrogen-bond donors (Lipinski definition) is 0. The number of hydrogen-bond acceptors (Lipinski definition) is 3. The smallest absolute Gasteiger partial charge is 0.152 e. The lowest BCUT2D eigenvalue weighted by atomic mass is 9.78. The molecule has 1 aliphatic rings. The van der Waals surface area contributed by atoms with E-state index in [9.17, 15) is 14.4 Å². The van der Waals surface area contributed by atoms with Gasteiger partial charge in [0.25, 0.3) is 0 Å². The number of carbonyl (C=O) groups excluding carboxylic acids is 3. The maximum Gasteiger partial charge on any atom is 0.152 e. The first-order valence-electron chi connectivity index (χ1n) is 5.28. The molecule has 1 rings (SSSR count). The van der Waals surface area contributed by atoms with E-state index in [2.05, 4.69) is 0 Å². The van der Waals surface area contributed by atoms with E-state index in [1.807, 2.05) is 0 Å². The fourth-order valence-electron chi connectivity index (χ4n) is 2.23. The predicted molar refractivity (Wildman–Crippen MR) is 56.4 cm³/mol. The summed E-state index contributed by atoms with van der Waals surface area (Å²) in [6, 6.07) is 0. The van der Waals surface area contributed by atoms with Crippen LogP contribution >= 0.6 is 0 Å². The van der Waals surface area contributed by atoms with Crippen molar-refractivity contribution in [1.29, 1.82) is 0 Å². The molecule has 0 aliphatic heterocycles. The normalized spacial score (nSPS) is 29.6. The van der Waals surface area contributed by atoms with Crippen molar-refractivity contribution in [2.75, 3.05) is 0 Å². The third kappa shape index (κ3) is 2.01. The molecule has 0 spiro atoms. The molecule has 0 saturated heterocycles. The maximum absolute atomic E-state index is 12.0. The molecule has 0 N–H and O–H groups in total. The summed E-state index contributed by atoms with van der Waals surface area (Å²) in [5, 5.41) is 0. The Morgan fingerprint density at radius 3 is 2.13 bits per heavy atom. The highest BCUT2D eigenvalue weighted by atomic mass is 16.2. The number of ketones is 3. The van der Waals surface area contributed by atoms with Crippen LogP contribution in [0, 0.1) is 10.8 Å². The van der Waals surface area contributed by atoms with Crippen LogP contribution in [0.3, 0.4) is 0 Å². The minimum atomic E-state index is -0.921. The summed E-state index contributed by atoms with van der Waals surface area (Å²) in [4.78, 5) is 34.7. The molecule has 1 saturated carbocycles. The average molecular weight is 210 g/mol. The molecule has 3 heteroatoms. The topological polar surface area (TPSA) is 51.2 Å². The zero-order chi connectivity index (χ0) is 11.9. The largest absolute Gasteiger partial charge is 0.300 e. The third-order valence-corrected chi connectivity index (χ3v) is 3.31. The van der Waals surface area contributed by atoms with Gasteiger partial charge in [0.05, 0.1) is 5.41 Å². The fourth-order valence-corrected chi connectivity index (χ4v) is 2.23. The van der Waals surface area contributed by atoms with Crippen molar-refractivity contribution in [3.05, 3.63) is 0 Å². The Hall–Kier alpha value is -0.990. The summed E-state index contributed by atoms with van der Waals surface area (Å²) in [6.45, 7) is 6.76. The monoisotopic (exact) mass is 210 g/mol. The number of rotatable bonds is 3. The molecule has 0 heterocycles. The van der Waals surface area contributed by atoms with Crippen molar-refractivity contribution in [2.24, 2.45) is 10.8 Å². The van der Waals surface area contributed by atoms with Gasteiger partial charge in [-0.25, -0.2) is 0 Å². The highest BCUT2D eigenvalue weighted by molar-refractivity contribution is 6.15. The van der Waals surface area contributed by atoms with Gasteiger partial charge >= 0.3 is 0 Å². The van der Waals surface area contributed by atoms with Gasteiger partial charge in [-0.1, -0.05) is 13.8 Å². The molecule has 0 aromatic rings. The zero-order valence-corrected chi connectivity index (χ0v) is 9.85. The van der Waals surface area contributed by atoms with Crippen molar-refractivity contribution in [3.63, 3.8) is 0 Å². The van der Waals surface area contributed by atoms with E-state index in [1.54, 1.807) is 20.8 Å². The fraction of sp³-hybridized carbons (Fsp3) is 0.750. The average Bonchev–Trinajstić information content (AvgIpc) is 2.25. The Morgan fingerprint density at radius 1 is 1.27 bits per heavy atom. The van der Waals surface area contributed by atoms with Crippen molar-refractivity contribution in [1.82, 2.24) is 0 Å². The minimum Gasteiger partial charge on any atom is -0.300 e. The molecule has 0 aromatic heterocycles. The van der Waals surface area contributed by atoms with Gasteiger partial charge in [0, 0.05) is 18.3 Å². The standard InChI is InChI=1S/C12H18O3/c1-8(13)5-6-12(4)9(14)7-11(2,3)10(12)15/h5-7H2,1-4H3. The van der Waals surface area contributed by atoms with E-state index in [0.717, 1.165) is 0 Å². The molecule has 1 fully saturated rings. The van der Waals surface area contributed by atoms with Crippen molar-refractivity contribution in [2.45, 2.75) is 47.0 Å². The lowest BCUT2D eigenvalue weighted by Crippen LogP contribution is -2.33. The van der Waals surface area contributed by atoms with Crippen LogP contribution in [0.5, 0.6) is 0 Å². The van der Waals surface area contributed by atoms with E-state index in [0.29, 0.717) is 19.3 Å². The van der Waals surface area contributed by atoms with E-state index in [4.69, 9.17) is 0 Å². The number of carbonyl (C=O) groups is 3. The first-order chi connectivity index (χ1) is 6.70. The van der Waals surface area contributed by atoms with E-state index in [-0.39, 0.29) is 17.3 Å². The summed E-state index contributed by atoms with van der Waals surface area (Å²) in [7, 11) is 0. The first kappa shape index (κ1) is 12.1. The Morgan fingerprint density at radius 2 is 1.80 bits per heavy atom. The van der Waals surface area contributed by atoms with E-state index in [1.165, 1.54) is 6.92 Å². The Labute approximate surface area is 90.2 Å². The molecular formula is C12H18O3. The van der Waals surface area contributed by atoms with Gasteiger partial charge in [0.1, 0.15) is 11.6 Å². The summed E-state index contributed by atoms with van der Waals surface area (Å²) >= 11 is 0. The van der Waals surface area contributed by atoms with E-state index < -0.39 is 10.8 Å². The second-order valence-corrected chi connectivity index (χ2v) is 5.35. The lowest BCUT2D eigenvalue weighted by Gasteiger charge is -2.22. The van der Waals surface area contributed by atoms with Gasteiger partial charge in [-0.05, 0) is 20.3 Å². The van der Waals surface area contributed by atoms with Crippen LogP contribution in [-0.2, 0) is 14.4 Å². The Balaban J connectivity index is 2.88. The molecule has 1 atom stereocenters. The summed E-state index contributed by atoms with van der Waals surface area (Å²) in [5.41, 5.74) is -1.47. The van der Waals surface area contributed by atoms with Crippen molar-refractivity contribution < 1.29 is 14.4 Å². The van der Waals surface area contributed by atoms with E-state index >= 15 is 0 Å². The van der Waals surface area contributed by atoms with Crippen LogP contribution in [0.25, 0.3) is 0 Å². The van der Waals surface area contributed by atoms with Gasteiger partial charge in [0.15, 0.2) is 5.78 Å². The first-order valence-corrected chi connectivity index (χ1v) is 5.28. The molecule has 0 amide bonds.